The summed E-state index contributed by atoms with van der Waals surface area (Å²) in [6, 6.07) is 2.88. The van der Waals surface area contributed by atoms with Crippen LogP contribution in [0.2, 0.25) is 0 Å². The van der Waals surface area contributed by atoms with E-state index in [1.165, 1.54) is 0 Å². The first-order valence-electron chi connectivity index (χ1n) is 5.88. The van der Waals surface area contributed by atoms with Gasteiger partial charge in [-0.15, -0.1) is 12.4 Å². The minimum atomic E-state index is -3.96. The summed E-state index contributed by atoms with van der Waals surface area (Å²) >= 11 is 0. The van der Waals surface area contributed by atoms with Crippen molar-refractivity contribution in [3.63, 3.8) is 0 Å². The second kappa shape index (κ2) is 7.09. The van der Waals surface area contributed by atoms with Gasteiger partial charge in [0, 0.05) is 12.1 Å². The van der Waals surface area contributed by atoms with E-state index >= 15 is 0 Å². The number of rotatable bonds is 6. The van der Waals surface area contributed by atoms with Crippen LogP contribution in [0.3, 0.4) is 0 Å². The molecule has 0 heterocycles. The molecule has 7 nitrogen and oxygen atoms in total. The molecule has 0 spiro atoms. The molecule has 22 heavy (non-hydrogen) atoms. The number of hydrogen-bond donors (Lipinski definition) is 3. The number of benzene rings is 1. The fourth-order valence-electron chi connectivity index (χ4n) is 1.41. The Morgan fingerprint density at radius 2 is 1.77 bits per heavy atom. The molecule has 4 N–H and O–H groups in total. The Morgan fingerprint density at radius 1 is 1.23 bits per heavy atom. The predicted molar refractivity (Wildman–Crippen MR) is 85.6 cm³/mol. The molecule has 11 heteroatoms. The third-order valence-electron chi connectivity index (χ3n) is 2.47. The van der Waals surface area contributed by atoms with Gasteiger partial charge in [-0.1, -0.05) is 0 Å². The Balaban J connectivity index is 0.00000441. The average molecular weight is 376 g/mol. The highest BCUT2D eigenvalue weighted by molar-refractivity contribution is 7.92. The van der Waals surface area contributed by atoms with Crippen molar-refractivity contribution in [2.45, 2.75) is 24.3 Å². The van der Waals surface area contributed by atoms with Gasteiger partial charge in [0.2, 0.25) is 20.0 Å². The number of halogens is 2. The van der Waals surface area contributed by atoms with E-state index < -0.39 is 31.4 Å². The van der Waals surface area contributed by atoms with Crippen LogP contribution in [0.5, 0.6) is 0 Å². The maximum Gasteiger partial charge on any atom is 0.241 e. The molecule has 1 aromatic carbocycles. The van der Waals surface area contributed by atoms with E-state index in [1.54, 1.807) is 13.8 Å². The zero-order chi connectivity index (χ0) is 16.5. The number of anilines is 1. The van der Waals surface area contributed by atoms with Gasteiger partial charge in [-0.05, 0) is 32.0 Å². The molecule has 0 fully saturated rings. The summed E-state index contributed by atoms with van der Waals surface area (Å²) in [4.78, 5) is -0.319. The minimum Gasteiger partial charge on any atom is -0.329 e. The molecule has 0 saturated heterocycles. The Kier molecular flexibility index (Phi) is 6.79. The van der Waals surface area contributed by atoms with Gasteiger partial charge in [0.15, 0.2) is 0 Å². The summed E-state index contributed by atoms with van der Waals surface area (Å²) in [5, 5.41) is 0. The Bertz CT molecular complexity index is 736. The van der Waals surface area contributed by atoms with Crippen molar-refractivity contribution in [3.8, 4) is 0 Å². The van der Waals surface area contributed by atoms with Crippen LogP contribution in [0.1, 0.15) is 13.8 Å². The highest BCUT2D eigenvalue weighted by Crippen LogP contribution is 2.20. The van der Waals surface area contributed by atoms with Crippen LogP contribution in [0.15, 0.2) is 23.1 Å². The Labute approximate surface area is 136 Å². The summed E-state index contributed by atoms with van der Waals surface area (Å²) in [5.41, 5.74) is 4.22. The van der Waals surface area contributed by atoms with Crippen LogP contribution < -0.4 is 15.2 Å². The number of nitrogens with one attached hydrogen (secondary N) is 2. The van der Waals surface area contributed by atoms with Crippen LogP contribution in [-0.2, 0) is 20.0 Å². The molecule has 0 radical (unpaired) electrons. The van der Waals surface area contributed by atoms with E-state index in [9.17, 15) is 21.2 Å². The first-order valence-corrected chi connectivity index (χ1v) is 9.25. The van der Waals surface area contributed by atoms with Gasteiger partial charge in [-0.2, -0.15) is 0 Å². The third kappa shape index (κ3) is 6.05. The normalized spacial score (nSPS) is 12.6. The van der Waals surface area contributed by atoms with Crippen LogP contribution >= 0.6 is 12.4 Å². The SMILES string of the molecule is CC(C)(CN)NS(=O)(=O)c1ccc(NS(C)(=O)=O)c(F)c1.Cl. The third-order valence-corrected chi connectivity index (χ3v) is 4.75. The first kappa shape index (κ1) is 21.1. The van der Waals surface area contributed by atoms with Gasteiger partial charge in [-0.3, -0.25) is 4.72 Å². The number of nitrogens with two attached hydrogens (primary N) is 1. The van der Waals surface area contributed by atoms with E-state index in [2.05, 4.69) is 4.72 Å². The Hall–Kier alpha value is -0.940. The largest absolute Gasteiger partial charge is 0.329 e. The molecular weight excluding hydrogens is 357 g/mol. The summed E-state index contributed by atoms with van der Waals surface area (Å²) in [7, 11) is -7.61. The van der Waals surface area contributed by atoms with Crippen molar-refractivity contribution in [2.24, 2.45) is 5.73 Å². The van der Waals surface area contributed by atoms with E-state index in [1.807, 2.05) is 4.72 Å². The maximum atomic E-state index is 13.8. The lowest BCUT2D eigenvalue weighted by Gasteiger charge is -2.23. The van der Waals surface area contributed by atoms with Crippen LogP contribution in [-0.4, -0.2) is 35.2 Å². The monoisotopic (exact) mass is 375 g/mol. The molecule has 0 amide bonds. The predicted octanol–water partition coefficient (Wildman–Crippen LogP) is 0.635. The van der Waals surface area contributed by atoms with Crippen LogP contribution in [0.25, 0.3) is 0 Å². The highest BCUT2D eigenvalue weighted by Gasteiger charge is 2.25. The van der Waals surface area contributed by atoms with Crippen molar-refractivity contribution in [2.75, 3.05) is 17.5 Å². The Morgan fingerprint density at radius 3 is 2.18 bits per heavy atom. The summed E-state index contributed by atoms with van der Waals surface area (Å²) < 4.78 is 64.3. The molecule has 0 bridgehead atoms. The van der Waals surface area contributed by atoms with E-state index in [0.29, 0.717) is 0 Å². The fraction of sp³-hybridized carbons (Fsp3) is 0.455. The first-order chi connectivity index (χ1) is 9.36. The molecule has 128 valence electrons. The van der Waals surface area contributed by atoms with Crippen molar-refractivity contribution >= 4 is 38.1 Å². The quantitative estimate of drug-likeness (QED) is 0.674. The van der Waals surface area contributed by atoms with Gasteiger partial charge in [0.25, 0.3) is 0 Å². The van der Waals surface area contributed by atoms with Crippen molar-refractivity contribution in [1.29, 1.82) is 0 Å². The molecule has 0 saturated carbocycles. The molecule has 0 aromatic heterocycles. The fourth-order valence-corrected chi connectivity index (χ4v) is 3.41. The molecule has 0 unspecified atom stereocenters. The second-order valence-corrected chi connectivity index (χ2v) is 8.64. The summed E-state index contributed by atoms with van der Waals surface area (Å²) in [6.45, 7) is 3.23. The minimum absolute atomic E-state index is 0. The van der Waals surface area contributed by atoms with E-state index in [4.69, 9.17) is 5.73 Å². The van der Waals surface area contributed by atoms with Crippen LogP contribution in [0.4, 0.5) is 10.1 Å². The van der Waals surface area contributed by atoms with Gasteiger partial charge in [0.1, 0.15) is 5.82 Å². The number of hydrogen-bond acceptors (Lipinski definition) is 5. The molecule has 0 atom stereocenters. The van der Waals surface area contributed by atoms with Crippen LogP contribution in [0, 0.1) is 5.82 Å². The topological polar surface area (TPSA) is 118 Å². The maximum absolute atomic E-state index is 13.8. The van der Waals surface area contributed by atoms with Gasteiger partial charge < -0.3 is 5.73 Å². The van der Waals surface area contributed by atoms with E-state index in [-0.39, 0.29) is 29.5 Å². The van der Waals surface area contributed by atoms with Gasteiger partial charge in [-0.25, -0.2) is 25.9 Å². The average Bonchev–Trinajstić information content (AvgIpc) is 2.28. The molecule has 0 aliphatic rings. The van der Waals surface area contributed by atoms with Crippen molar-refractivity contribution in [3.05, 3.63) is 24.0 Å². The summed E-state index contributed by atoms with van der Waals surface area (Å²) in [6.07, 6.45) is 0.864. The smallest absolute Gasteiger partial charge is 0.241 e. The van der Waals surface area contributed by atoms with E-state index in [0.717, 1.165) is 24.5 Å². The van der Waals surface area contributed by atoms with Crippen molar-refractivity contribution < 1.29 is 21.2 Å². The lowest BCUT2D eigenvalue weighted by molar-refractivity contribution is 0.462. The zero-order valence-electron chi connectivity index (χ0n) is 12.3. The van der Waals surface area contributed by atoms with Crippen molar-refractivity contribution in [1.82, 2.24) is 4.72 Å². The number of sulfonamides is 2. The molecule has 0 aliphatic heterocycles. The molecule has 1 aromatic rings. The lowest BCUT2D eigenvalue weighted by atomic mass is 10.1. The standard InChI is InChI=1S/C11H18FN3O4S2.ClH/c1-11(2,7-13)15-21(18,19)8-4-5-10(9(12)6-8)14-20(3,16)17;/h4-6,14-15H,7,13H2,1-3H3;1H. The van der Waals surface area contributed by atoms with Gasteiger partial charge in [0.05, 0.1) is 16.8 Å². The van der Waals surface area contributed by atoms with Gasteiger partial charge >= 0.3 is 0 Å². The lowest BCUT2D eigenvalue weighted by Crippen LogP contribution is -2.48. The molecule has 1 rings (SSSR count). The molecule has 0 aliphatic carbocycles. The zero-order valence-corrected chi connectivity index (χ0v) is 14.7. The highest BCUT2D eigenvalue weighted by atomic mass is 35.5. The molecular formula is C11H19ClFN3O4S2. The second-order valence-electron chi connectivity index (χ2n) is 5.21. The summed E-state index contributed by atoms with van der Waals surface area (Å²) in [5.74, 6) is -0.992.